The second-order valence-electron chi connectivity index (χ2n) is 6.02. The van der Waals surface area contributed by atoms with Crippen molar-refractivity contribution in [2.24, 2.45) is 5.41 Å². The molecule has 2 aromatic rings. The van der Waals surface area contributed by atoms with Gasteiger partial charge in [-0.3, -0.25) is 4.79 Å². The van der Waals surface area contributed by atoms with Crippen LogP contribution in [-0.4, -0.2) is 30.5 Å². The minimum atomic E-state index is -0.280. The van der Waals surface area contributed by atoms with E-state index in [2.05, 4.69) is 15.6 Å². The number of halogens is 1. The summed E-state index contributed by atoms with van der Waals surface area (Å²) in [6.07, 6.45) is 1.50. The highest BCUT2D eigenvalue weighted by molar-refractivity contribution is 5.85. The number of oxazole rings is 1. The maximum Gasteiger partial charge on any atom is 0.227 e. The maximum absolute atomic E-state index is 12.2. The molecule has 1 aliphatic rings. The van der Waals surface area contributed by atoms with Crippen molar-refractivity contribution in [3.63, 3.8) is 0 Å². The van der Waals surface area contributed by atoms with Crippen LogP contribution in [0.25, 0.3) is 11.1 Å². The van der Waals surface area contributed by atoms with E-state index in [1.54, 1.807) is 0 Å². The van der Waals surface area contributed by atoms with Crippen molar-refractivity contribution < 1.29 is 9.21 Å². The van der Waals surface area contributed by atoms with Crippen LogP contribution in [0.15, 0.2) is 22.6 Å². The lowest BCUT2D eigenvalue weighted by atomic mass is 9.89. The number of nitrogens with one attached hydrogen (secondary N) is 2. The van der Waals surface area contributed by atoms with Gasteiger partial charge in [-0.15, -0.1) is 12.4 Å². The molecule has 120 valence electrons. The molecule has 0 bridgehead atoms. The van der Waals surface area contributed by atoms with Crippen LogP contribution in [-0.2, 0) is 11.2 Å². The van der Waals surface area contributed by atoms with Gasteiger partial charge >= 0.3 is 0 Å². The van der Waals surface area contributed by atoms with Gasteiger partial charge in [0.1, 0.15) is 5.52 Å². The molecule has 1 unspecified atom stereocenters. The number of nitrogens with zero attached hydrogens (tertiary/aromatic N) is 1. The van der Waals surface area contributed by atoms with Crippen LogP contribution in [0, 0.1) is 12.3 Å². The van der Waals surface area contributed by atoms with E-state index in [-0.39, 0.29) is 23.7 Å². The van der Waals surface area contributed by atoms with Crippen LogP contribution in [0.5, 0.6) is 0 Å². The van der Waals surface area contributed by atoms with Crippen LogP contribution < -0.4 is 10.6 Å². The molecule has 0 spiro atoms. The van der Waals surface area contributed by atoms with E-state index in [9.17, 15) is 4.79 Å². The Morgan fingerprint density at radius 2 is 2.32 bits per heavy atom. The second-order valence-corrected chi connectivity index (χ2v) is 6.02. The molecule has 0 radical (unpaired) electrons. The van der Waals surface area contributed by atoms with E-state index in [1.165, 1.54) is 0 Å². The molecule has 1 atom stereocenters. The third kappa shape index (κ3) is 3.25. The first kappa shape index (κ1) is 16.8. The number of rotatable bonds is 4. The molecule has 0 aliphatic carbocycles. The first-order valence-electron chi connectivity index (χ1n) is 7.42. The third-order valence-electron chi connectivity index (χ3n) is 4.21. The summed E-state index contributed by atoms with van der Waals surface area (Å²) in [6.45, 7) is 6.24. The lowest BCUT2D eigenvalue weighted by Crippen LogP contribution is -2.41. The summed E-state index contributed by atoms with van der Waals surface area (Å²) in [7, 11) is 0. The van der Waals surface area contributed by atoms with Gasteiger partial charge < -0.3 is 15.1 Å². The van der Waals surface area contributed by atoms with Crippen molar-refractivity contribution in [1.82, 2.24) is 15.6 Å². The first-order valence-corrected chi connectivity index (χ1v) is 7.42. The van der Waals surface area contributed by atoms with E-state index in [4.69, 9.17) is 4.42 Å². The molecule has 3 rings (SSSR count). The lowest BCUT2D eigenvalue weighted by Gasteiger charge is -2.21. The Bertz CT molecular complexity index is 662. The fourth-order valence-corrected chi connectivity index (χ4v) is 2.75. The molecule has 1 saturated heterocycles. The van der Waals surface area contributed by atoms with Crippen molar-refractivity contribution in [2.75, 3.05) is 19.6 Å². The van der Waals surface area contributed by atoms with Gasteiger partial charge in [-0.05, 0) is 38.4 Å². The summed E-state index contributed by atoms with van der Waals surface area (Å²) < 4.78 is 5.71. The third-order valence-corrected chi connectivity index (χ3v) is 4.21. The van der Waals surface area contributed by atoms with Crippen LogP contribution in [0.2, 0.25) is 0 Å². The molecule has 1 aromatic carbocycles. The molecule has 1 aromatic heterocycles. The Hall–Kier alpha value is -1.59. The monoisotopic (exact) mass is 323 g/mol. The van der Waals surface area contributed by atoms with Crippen molar-refractivity contribution in [3.8, 4) is 0 Å². The minimum Gasteiger partial charge on any atom is -0.441 e. The Morgan fingerprint density at radius 3 is 3.00 bits per heavy atom. The number of carbonyl (C=O) groups is 1. The molecule has 2 N–H and O–H groups in total. The SMILES string of the molecule is Cc1cccc2oc(CCNC(=O)C3(C)CCNC3)nc12.Cl. The number of para-hydroxylation sites is 1. The standard InChI is InChI=1S/C16H21N3O2.ClH/c1-11-4-3-5-12-14(11)19-13(21-12)6-8-18-15(20)16(2)7-9-17-10-16;/h3-5,17H,6-10H2,1-2H3,(H,18,20);1H. The van der Waals surface area contributed by atoms with Gasteiger partial charge in [-0.2, -0.15) is 0 Å². The van der Waals surface area contributed by atoms with Crippen molar-refractivity contribution in [3.05, 3.63) is 29.7 Å². The molecular formula is C16H22ClN3O2. The Morgan fingerprint density at radius 1 is 1.50 bits per heavy atom. The predicted molar refractivity (Wildman–Crippen MR) is 88.3 cm³/mol. The highest BCUT2D eigenvalue weighted by Gasteiger charge is 2.35. The van der Waals surface area contributed by atoms with E-state index < -0.39 is 0 Å². The summed E-state index contributed by atoms with van der Waals surface area (Å²) in [5.74, 6) is 0.786. The average Bonchev–Trinajstić information content (AvgIpc) is 3.06. The number of hydrogen-bond acceptors (Lipinski definition) is 4. The van der Waals surface area contributed by atoms with E-state index in [1.807, 2.05) is 32.0 Å². The highest BCUT2D eigenvalue weighted by Crippen LogP contribution is 2.24. The molecule has 5 nitrogen and oxygen atoms in total. The molecule has 1 aliphatic heterocycles. The number of benzene rings is 1. The van der Waals surface area contributed by atoms with Gasteiger partial charge in [0.25, 0.3) is 0 Å². The van der Waals surface area contributed by atoms with Crippen LogP contribution in [0.3, 0.4) is 0 Å². The fraction of sp³-hybridized carbons (Fsp3) is 0.500. The smallest absolute Gasteiger partial charge is 0.227 e. The molecule has 6 heteroatoms. The zero-order valence-electron chi connectivity index (χ0n) is 12.9. The van der Waals surface area contributed by atoms with Crippen molar-refractivity contribution in [1.29, 1.82) is 0 Å². The first-order chi connectivity index (χ1) is 10.1. The minimum absolute atomic E-state index is 0. The highest BCUT2D eigenvalue weighted by atomic mass is 35.5. The summed E-state index contributed by atoms with van der Waals surface area (Å²) >= 11 is 0. The Kier molecular flexibility index (Phi) is 5.08. The molecule has 0 saturated carbocycles. The van der Waals surface area contributed by atoms with Crippen LogP contribution >= 0.6 is 12.4 Å². The van der Waals surface area contributed by atoms with Gasteiger partial charge in [0.2, 0.25) is 5.91 Å². The summed E-state index contributed by atoms with van der Waals surface area (Å²) in [5.41, 5.74) is 2.54. The van der Waals surface area contributed by atoms with Gasteiger partial charge in [0.15, 0.2) is 11.5 Å². The maximum atomic E-state index is 12.2. The van der Waals surface area contributed by atoms with E-state index >= 15 is 0 Å². The molecule has 22 heavy (non-hydrogen) atoms. The zero-order chi connectivity index (χ0) is 14.9. The summed E-state index contributed by atoms with van der Waals surface area (Å²) in [4.78, 5) is 16.7. The number of carbonyl (C=O) groups excluding carboxylic acids is 1. The molecule has 2 heterocycles. The van der Waals surface area contributed by atoms with E-state index in [0.717, 1.165) is 36.2 Å². The predicted octanol–water partition coefficient (Wildman–Crippen LogP) is 2.22. The fourth-order valence-electron chi connectivity index (χ4n) is 2.75. The molecular weight excluding hydrogens is 302 g/mol. The van der Waals surface area contributed by atoms with Gasteiger partial charge in [-0.1, -0.05) is 12.1 Å². The molecule has 1 fully saturated rings. The van der Waals surface area contributed by atoms with Gasteiger partial charge in [0.05, 0.1) is 5.41 Å². The van der Waals surface area contributed by atoms with Crippen molar-refractivity contribution >= 4 is 29.4 Å². The molecule has 1 amide bonds. The Labute approximate surface area is 136 Å². The van der Waals surface area contributed by atoms with Gasteiger partial charge in [-0.25, -0.2) is 4.98 Å². The topological polar surface area (TPSA) is 67.2 Å². The number of hydrogen-bond donors (Lipinski definition) is 2. The number of aromatic nitrogens is 1. The number of aryl methyl sites for hydroxylation is 1. The Balaban J connectivity index is 0.00000176. The van der Waals surface area contributed by atoms with Gasteiger partial charge in [0, 0.05) is 19.5 Å². The summed E-state index contributed by atoms with van der Waals surface area (Å²) in [5, 5.41) is 6.23. The largest absolute Gasteiger partial charge is 0.441 e. The van der Waals surface area contributed by atoms with Crippen LogP contribution in [0.4, 0.5) is 0 Å². The van der Waals surface area contributed by atoms with Crippen LogP contribution in [0.1, 0.15) is 24.8 Å². The normalized spacial score (nSPS) is 20.8. The quantitative estimate of drug-likeness (QED) is 0.905. The van der Waals surface area contributed by atoms with Crippen molar-refractivity contribution in [2.45, 2.75) is 26.7 Å². The number of fused-ring (bicyclic) bond motifs is 1. The zero-order valence-corrected chi connectivity index (χ0v) is 13.8. The van der Waals surface area contributed by atoms with E-state index in [0.29, 0.717) is 18.9 Å². The summed E-state index contributed by atoms with van der Waals surface area (Å²) in [6, 6.07) is 5.90. The lowest BCUT2D eigenvalue weighted by molar-refractivity contribution is -0.129. The average molecular weight is 324 g/mol. The second kappa shape index (κ2) is 6.67. The number of amides is 1.